The normalized spacial score (nSPS) is 17.7. The van der Waals surface area contributed by atoms with Gasteiger partial charge in [-0.3, -0.25) is 5.84 Å². The van der Waals surface area contributed by atoms with Gasteiger partial charge in [0.2, 0.25) is 0 Å². The molecule has 1 aromatic rings. The number of hydrazine groups is 1. The van der Waals surface area contributed by atoms with Crippen LogP contribution in [-0.4, -0.2) is 43.1 Å². The van der Waals surface area contributed by atoms with Crippen LogP contribution in [0.1, 0.15) is 12.5 Å². The number of rotatable bonds is 1. The van der Waals surface area contributed by atoms with Crippen molar-refractivity contribution in [2.45, 2.75) is 13.3 Å². The first-order valence-corrected chi connectivity index (χ1v) is 5.94. The van der Waals surface area contributed by atoms with E-state index in [0.717, 1.165) is 32.6 Å². The third kappa shape index (κ3) is 5.26. The van der Waals surface area contributed by atoms with Crippen LogP contribution in [0.4, 0.5) is 0 Å². The van der Waals surface area contributed by atoms with Crippen molar-refractivity contribution in [1.29, 1.82) is 0 Å². The SMILES string of the molecule is CCc1ccccc1.CN1CCN(N)CC1. The van der Waals surface area contributed by atoms with Gasteiger partial charge in [0, 0.05) is 26.2 Å². The van der Waals surface area contributed by atoms with Crippen LogP contribution in [0.3, 0.4) is 0 Å². The molecule has 0 spiro atoms. The predicted octanol–water partition coefficient (Wildman–Crippen LogP) is 1.36. The van der Waals surface area contributed by atoms with E-state index in [9.17, 15) is 0 Å². The van der Waals surface area contributed by atoms with Crippen LogP contribution in [0.2, 0.25) is 0 Å². The maximum atomic E-state index is 5.50. The van der Waals surface area contributed by atoms with Crippen molar-refractivity contribution in [1.82, 2.24) is 9.91 Å². The van der Waals surface area contributed by atoms with Gasteiger partial charge in [0.1, 0.15) is 0 Å². The molecule has 1 saturated heterocycles. The minimum absolute atomic E-state index is 1.01. The van der Waals surface area contributed by atoms with Gasteiger partial charge in [0.05, 0.1) is 0 Å². The molecule has 0 bridgehead atoms. The highest BCUT2D eigenvalue weighted by Gasteiger charge is 2.08. The highest BCUT2D eigenvalue weighted by molar-refractivity contribution is 5.13. The summed E-state index contributed by atoms with van der Waals surface area (Å²) in [6.45, 7) is 6.40. The Morgan fingerprint density at radius 2 is 1.62 bits per heavy atom. The Morgan fingerprint density at radius 1 is 1.06 bits per heavy atom. The van der Waals surface area contributed by atoms with Crippen LogP contribution in [0.15, 0.2) is 30.3 Å². The van der Waals surface area contributed by atoms with E-state index in [4.69, 9.17) is 5.84 Å². The van der Waals surface area contributed by atoms with Gasteiger partial charge in [0.25, 0.3) is 0 Å². The summed E-state index contributed by atoms with van der Waals surface area (Å²) in [7, 11) is 2.12. The summed E-state index contributed by atoms with van der Waals surface area (Å²) < 4.78 is 0. The fourth-order valence-corrected chi connectivity index (χ4v) is 1.54. The molecular formula is C13H23N3. The van der Waals surface area contributed by atoms with Crippen LogP contribution >= 0.6 is 0 Å². The van der Waals surface area contributed by atoms with E-state index >= 15 is 0 Å². The molecule has 1 heterocycles. The van der Waals surface area contributed by atoms with Gasteiger partial charge in [0.15, 0.2) is 0 Å². The van der Waals surface area contributed by atoms with Gasteiger partial charge >= 0.3 is 0 Å². The van der Waals surface area contributed by atoms with E-state index in [1.807, 2.05) is 11.1 Å². The number of benzene rings is 1. The molecule has 0 aliphatic carbocycles. The van der Waals surface area contributed by atoms with Crippen molar-refractivity contribution in [2.75, 3.05) is 33.2 Å². The average molecular weight is 221 g/mol. The van der Waals surface area contributed by atoms with Crippen molar-refractivity contribution in [3.8, 4) is 0 Å². The number of nitrogens with two attached hydrogens (primary N) is 1. The van der Waals surface area contributed by atoms with Gasteiger partial charge in [-0.15, -0.1) is 0 Å². The third-order valence-electron chi connectivity index (χ3n) is 2.79. The van der Waals surface area contributed by atoms with Crippen molar-refractivity contribution in [2.24, 2.45) is 5.84 Å². The van der Waals surface area contributed by atoms with Crippen LogP contribution in [0, 0.1) is 0 Å². The van der Waals surface area contributed by atoms with Crippen LogP contribution in [-0.2, 0) is 6.42 Å². The van der Waals surface area contributed by atoms with Gasteiger partial charge in [-0.05, 0) is 19.0 Å². The van der Waals surface area contributed by atoms with E-state index in [2.05, 4.69) is 43.1 Å². The first kappa shape index (κ1) is 13.2. The fourth-order valence-electron chi connectivity index (χ4n) is 1.54. The second-order valence-corrected chi connectivity index (χ2v) is 4.18. The predicted molar refractivity (Wildman–Crippen MR) is 69.1 cm³/mol. The second-order valence-electron chi connectivity index (χ2n) is 4.18. The lowest BCUT2D eigenvalue weighted by Gasteiger charge is -2.28. The number of likely N-dealkylation sites (N-methyl/N-ethyl adjacent to an activating group) is 1. The van der Waals surface area contributed by atoms with Crippen LogP contribution in [0.25, 0.3) is 0 Å². The zero-order valence-corrected chi connectivity index (χ0v) is 10.4. The molecule has 0 amide bonds. The molecule has 0 unspecified atom stereocenters. The summed E-state index contributed by atoms with van der Waals surface area (Å²) in [5.41, 5.74) is 1.41. The number of hydrogen-bond acceptors (Lipinski definition) is 3. The zero-order chi connectivity index (χ0) is 11.8. The van der Waals surface area contributed by atoms with E-state index in [1.165, 1.54) is 5.56 Å². The molecule has 0 aromatic heterocycles. The zero-order valence-electron chi connectivity index (χ0n) is 10.4. The van der Waals surface area contributed by atoms with E-state index in [0.29, 0.717) is 0 Å². The maximum absolute atomic E-state index is 5.50. The van der Waals surface area contributed by atoms with E-state index < -0.39 is 0 Å². The summed E-state index contributed by atoms with van der Waals surface area (Å²) in [4.78, 5) is 2.28. The van der Waals surface area contributed by atoms with E-state index in [-0.39, 0.29) is 0 Å². The molecule has 2 rings (SSSR count). The van der Waals surface area contributed by atoms with Crippen LogP contribution in [0.5, 0.6) is 0 Å². The number of nitrogens with zero attached hydrogens (tertiary/aromatic N) is 2. The lowest BCUT2D eigenvalue weighted by atomic mass is 10.2. The minimum Gasteiger partial charge on any atom is -0.304 e. The molecule has 1 aliphatic heterocycles. The first-order valence-electron chi connectivity index (χ1n) is 5.94. The highest BCUT2D eigenvalue weighted by atomic mass is 15.4. The first-order chi connectivity index (χ1) is 7.72. The number of piperazine rings is 1. The molecule has 1 aromatic carbocycles. The fraction of sp³-hybridized carbons (Fsp3) is 0.538. The van der Waals surface area contributed by atoms with Gasteiger partial charge < -0.3 is 4.90 Å². The van der Waals surface area contributed by atoms with Crippen molar-refractivity contribution in [3.63, 3.8) is 0 Å². The van der Waals surface area contributed by atoms with Crippen molar-refractivity contribution < 1.29 is 0 Å². The Bertz CT molecular complexity index is 256. The standard InChI is InChI=1S/C8H10.C5H13N3/c1-2-8-6-4-3-5-7-8;1-7-2-4-8(6)5-3-7/h3-7H,2H2,1H3;2-6H2,1H3. The summed E-state index contributed by atoms with van der Waals surface area (Å²) >= 11 is 0. The molecule has 3 nitrogen and oxygen atoms in total. The molecule has 3 heteroatoms. The van der Waals surface area contributed by atoms with Gasteiger partial charge in [-0.25, -0.2) is 5.01 Å². The molecule has 1 fully saturated rings. The Hall–Kier alpha value is -0.900. The average Bonchev–Trinajstić information content (AvgIpc) is 2.35. The molecular weight excluding hydrogens is 198 g/mol. The topological polar surface area (TPSA) is 32.5 Å². The minimum atomic E-state index is 1.01. The molecule has 0 atom stereocenters. The smallest absolute Gasteiger partial charge is 0.0256 e. The summed E-state index contributed by atoms with van der Waals surface area (Å²) in [6, 6.07) is 10.5. The van der Waals surface area contributed by atoms with Crippen LogP contribution < -0.4 is 5.84 Å². The second kappa shape index (κ2) is 7.39. The van der Waals surface area contributed by atoms with Gasteiger partial charge in [-0.1, -0.05) is 37.3 Å². The quantitative estimate of drug-likeness (QED) is 0.727. The molecule has 90 valence electrons. The molecule has 2 N–H and O–H groups in total. The molecule has 1 aliphatic rings. The lowest BCUT2D eigenvalue weighted by molar-refractivity contribution is 0.156. The third-order valence-corrected chi connectivity index (χ3v) is 2.79. The Morgan fingerprint density at radius 3 is 2.00 bits per heavy atom. The monoisotopic (exact) mass is 221 g/mol. The lowest BCUT2D eigenvalue weighted by Crippen LogP contribution is -2.47. The van der Waals surface area contributed by atoms with Gasteiger partial charge in [-0.2, -0.15) is 0 Å². The van der Waals surface area contributed by atoms with Crippen molar-refractivity contribution >= 4 is 0 Å². The van der Waals surface area contributed by atoms with Crippen molar-refractivity contribution in [3.05, 3.63) is 35.9 Å². The molecule has 0 radical (unpaired) electrons. The maximum Gasteiger partial charge on any atom is 0.0256 e. The largest absolute Gasteiger partial charge is 0.304 e. The summed E-state index contributed by atoms with van der Waals surface area (Å²) in [5, 5.41) is 1.86. The Balaban J connectivity index is 0.000000160. The number of hydrogen-bond donors (Lipinski definition) is 1. The molecule has 0 saturated carbocycles. The summed E-state index contributed by atoms with van der Waals surface area (Å²) in [6.07, 6.45) is 1.14. The van der Waals surface area contributed by atoms with E-state index in [1.54, 1.807) is 0 Å². The Labute approximate surface area is 98.8 Å². The summed E-state index contributed by atoms with van der Waals surface area (Å²) in [5.74, 6) is 5.50. The number of aryl methyl sites for hydroxylation is 1. The highest BCUT2D eigenvalue weighted by Crippen LogP contribution is 1.96. The Kier molecular flexibility index (Phi) is 6.08. The molecule has 16 heavy (non-hydrogen) atoms.